The summed E-state index contributed by atoms with van der Waals surface area (Å²) in [5.41, 5.74) is 0.379. The molecule has 8 nitrogen and oxygen atoms in total. The molecule has 0 aliphatic carbocycles. The number of amides is 2. The molecule has 0 saturated heterocycles. The Labute approximate surface area is 149 Å². The Morgan fingerprint density at radius 2 is 1.81 bits per heavy atom. The summed E-state index contributed by atoms with van der Waals surface area (Å²) < 4.78 is 0. The molecule has 0 saturated carbocycles. The van der Waals surface area contributed by atoms with Crippen LogP contribution in [0.5, 0.6) is 0 Å². The van der Waals surface area contributed by atoms with Crippen molar-refractivity contribution >= 4 is 17.9 Å². The van der Waals surface area contributed by atoms with Gasteiger partial charge < -0.3 is 15.6 Å². The number of aryl methyl sites for hydroxylation is 1. The first kappa shape index (κ1) is 18.9. The van der Waals surface area contributed by atoms with Gasteiger partial charge >= 0.3 is 5.69 Å². The highest BCUT2D eigenvalue weighted by Crippen LogP contribution is 1.98. The number of hydrogen-bond donors (Lipinski definition) is 4. The lowest BCUT2D eigenvalue weighted by Crippen LogP contribution is -2.29. The van der Waals surface area contributed by atoms with Crippen molar-refractivity contribution in [3.63, 3.8) is 0 Å². The van der Waals surface area contributed by atoms with Gasteiger partial charge in [0.1, 0.15) is 0 Å². The second kappa shape index (κ2) is 9.16. The van der Waals surface area contributed by atoms with E-state index in [1.165, 1.54) is 12.2 Å². The summed E-state index contributed by atoms with van der Waals surface area (Å²) in [6, 6.07) is 9.50. The van der Waals surface area contributed by atoms with Crippen LogP contribution in [0.25, 0.3) is 6.08 Å². The van der Waals surface area contributed by atoms with Gasteiger partial charge in [0.05, 0.1) is 5.56 Å². The molecule has 0 atom stereocenters. The molecular weight excluding hydrogens is 336 g/mol. The van der Waals surface area contributed by atoms with Crippen LogP contribution in [0.3, 0.4) is 0 Å². The molecule has 0 radical (unpaired) electrons. The SMILES string of the molecule is Cc1[nH]c(=O)[nH]c(=O)c1/C=C/C(=O)NCCC(=O)NCc1ccccc1. The second-order valence-electron chi connectivity index (χ2n) is 5.58. The molecule has 0 aliphatic heterocycles. The highest BCUT2D eigenvalue weighted by molar-refractivity contribution is 5.92. The van der Waals surface area contributed by atoms with E-state index in [-0.39, 0.29) is 24.4 Å². The predicted octanol–water partition coefficient (Wildman–Crippen LogP) is 0.208. The normalized spacial score (nSPS) is 10.7. The number of hydrogen-bond acceptors (Lipinski definition) is 4. The van der Waals surface area contributed by atoms with Crippen molar-refractivity contribution in [2.24, 2.45) is 0 Å². The summed E-state index contributed by atoms with van der Waals surface area (Å²) >= 11 is 0. The van der Waals surface area contributed by atoms with Crippen LogP contribution in [0.15, 0.2) is 46.0 Å². The zero-order chi connectivity index (χ0) is 18.9. The van der Waals surface area contributed by atoms with Gasteiger partial charge in [0.25, 0.3) is 5.56 Å². The Balaban J connectivity index is 1.76. The third-order valence-corrected chi connectivity index (χ3v) is 3.56. The van der Waals surface area contributed by atoms with E-state index in [9.17, 15) is 19.2 Å². The van der Waals surface area contributed by atoms with E-state index in [2.05, 4.69) is 20.6 Å². The van der Waals surface area contributed by atoms with Crippen LogP contribution in [0.2, 0.25) is 0 Å². The molecule has 1 aromatic heterocycles. The van der Waals surface area contributed by atoms with Gasteiger partial charge in [0.15, 0.2) is 0 Å². The van der Waals surface area contributed by atoms with Crippen molar-refractivity contribution < 1.29 is 9.59 Å². The smallest absolute Gasteiger partial charge is 0.325 e. The molecule has 8 heteroatoms. The van der Waals surface area contributed by atoms with Crippen LogP contribution >= 0.6 is 0 Å². The van der Waals surface area contributed by atoms with Gasteiger partial charge in [-0.05, 0) is 18.6 Å². The number of carbonyl (C=O) groups excluding carboxylic acids is 2. The lowest BCUT2D eigenvalue weighted by Gasteiger charge is -2.05. The Hall–Kier alpha value is -3.42. The fourth-order valence-electron chi connectivity index (χ4n) is 2.21. The number of H-pyrrole nitrogens is 2. The van der Waals surface area contributed by atoms with Crippen LogP contribution < -0.4 is 21.9 Å². The number of benzene rings is 1. The van der Waals surface area contributed by atoms with Gasteiger partial charge in [0, 0.05) is 31.3 Å². The maximum absolute atomic E-state index is 11.8. The summed E-state index contributed by atoms with van der Waals surface area (Å²) in [6.45, 7) is 2.16. The highest BCUT2D eigenvalue weighted by Gasteiger charge is 2.04. The fraction of sp³-hybridized carbons (Fsp3) is 0.222. The van der Waals surface area contributed by atoms with Gasteiger partial charge in [-0.15, -0.1) is 0 Å². The van der Waals surface area contributed by atoms with Crippen molar-refractivity contribution in [2.75, 3.05) is 6.54 Å². The summed E-state index contributed by atoms with van der Waals surface area (Å²) in [5, 5.41) is 5.32. The predicted molar refractivity (Wildman–Crippen MR) is 97.4 cm³/mol. The summed E-state index contributed by atoms with van der Waals surface area (Å²) in [5.74, 6) is -0.614. The van der Waals surface area contributed by atoms with Crippen LogP contribution in [-0.4, -0.2) is 28.3 Å². The van der Waals surface area contributed by atoms with E-state index in [0.717, 1.165) is 5.56 Å². The van der Waals surface area contributed by atoms with E-state index in [1.54, 1.807) is 6.92 Å². The summed E-state index contributed by atoms with van der Waals surface area (Å²) in [7, 11) is 0. The van der Waals surface area contributed by atoms with Crippen LogP contribution in [0.1, 0.15) is 23.2 Å². The molecule has 1 aromatic carbocycles. The van der Waals surface area contributed by atoms with E-state index in [4.69, 9.17) is 0 Å². The quantitative estimate of drug-likeness (QED) is 0.529. The highest BCUT2D eigenvalue weighted by atomic mass is 16.2. The monoisotopic (exact) mass is 356 g/mol. The Bertz CT molecular complexity index is 913. The van der Waals surface area contributed by atoms with E-state index in [0.29, 0.717) is 12.2 Å². The Morgan fingerprint density at radius 3 is 2.50 bits per heavy atom. The molecule has 2 amide bonds. The largest absolute Gasteiger partial charge is 0.352 e. The molecule has 26 heavy (non-hydrogen) atoms. The number of rotatable bonds is 7. The lowest BCUT2D eigenvalue weighted by molar-refractivity contribution is -0.121. The zero-order valence-electron chi connectivity index (χ0n) is 14.3. The topological polar surface area (TPSA) is 124 Å². The van der Waals surface area contributed by atoms with Gasteiger partial charge in [0.2, 0.25) is 11.8 Å². The summed E-state index contributed by atoms with van der Waals surface area (Å²) in [4.78, 5) is 50.8. The van der Waals surface area contributed by atoms with Crippen molar-refractivity contribution in [3.8, 4) is 0 Å². The zero-order valence-corrected chi connectivity index (χ0v) is 14.3. The Morgan fingerprint density at radius 1 is 1.08 bits per heavy atom. The first-order valence-corrected chi connectivity index (χ1v) is 8.05. The molecule has 1 heterocycles. The number of aromatic amines is 2. The molecule has 0 aliphatic rings. The van der Waals surface area contributed by atoms with Gasteiger partial charge in [-0.3, -0.25) is 19.4 Å². The molecule has 0 unspecified atom stereocenters. The maximum Gasteiger partial charge on any atom is 0.325 e. The average Bonchev–Trinajstić information content (AvgIpc) is 2.60. The number of aromatic nitrogens is 2. The Kier molecular flexibility index (Phi) is 6.67. The minimum atomic E-state index is -0.601. The van der Waals surface area contributed by atoms with E-state index < -0.39 is 17.2 Å². The first-order valence-electron chi connectivity index (χ1n) is 8.05. The van der Waals surface area contributed by atoms with Crippen molar-refractivity contribution in [2.45, 2.75) is 19.9 Å². The van der Waals surface area contributed by atoms with Gasteiger partial charge in [-0.2, -0.15) is 0 Å². The van der Waals surface area contributed by atoms with Gasteiger partial charge in [-0.25, -0.2) is 4.79 Å². The first-order chi connectivity index (χ1) is 12.5. The van der Waals surface area contributed by atoms with Gasteiger partial charge in [-0.1, -0.05) is 30.3 Å². The maximum atomic E-state index is 11.8. The molecule has 0 spiro atoms. The van der Waals surface area contributed by atoms with Crippen LogP contribution in [-0.2, 0) is 16.1 Å². The third kappa shape index (κ3) is 5.90. The summed E-state index contributed by atoms with van der Waals surface area (Å²) in [6.07, 6.45) is 2.64. The molecule has 2 rings (SSSR count). The minimum absolute atomic E-state index is 0.144. The number of carbonyl (C=O) groups is 2. The molecule has 2 aromatic rings. The third-order valence-electron chi connectivity index (χ3n) is 3.56. The molecule has 136 valence electrons. The lowest BCUT2D eigenvalue weighted by atomic mass is 10.2. The van der Waals surface area contributed by atoms with Crippen LogP contribution in [0.4, 0.5) is 0 Å². The molecule has 0 bridgehead atoms. The van der Waals surface area contributed by atoms with Crippen molar-refractivity contribution in [1.29, 1.82) is 0 Å². The molecule has 4 N–H and O–H groups in total. The fourth-order valence-corrected chi connectivity index (χ4v) is 2.21. The molecule has 0 fully saturated rings. The van der Waals surface area contributed by atoms with Crippen molar-refractivity contribution in [3.05, 3.63) is 74.1 Å². The average molecular weight is 356 g/mol. The number of nitrogens with one attached hydrogen (secondary N) is 4. The van der Waals surface area contributed by atoms with E-state index >= 15 is 0 Å². The van der Waals surface area contributed by atoms with Crippen LogP contribution in [0, 0.1) is 6.92 Å². The standard InChI is InChI=1S/C18H20N4O4/c1-12-14(17(25)22-18(26)21-12)7-8-15(23)19-10-9-16(24)20-11-13-5-3-2-4-6-13/h2-8H,9-11H2,1H3,(H,19,23)(H,20,24)(H2,21,22,25,26)/b8-7+. The minimum Gasteiger partial charge on any atom is -0.352 e. The second-order valence-corrected chi connectivity index (χ2v) is 5.58. The van der Waals surface area contributed by atoms with Crippen molar-refractivity contribution in [1.82, 2.24) is 20.6 Å². The molecular formula is C18H20N4O4. The van der Waals surface area contributed by atoms with E-state index in [1.807, 2.05) is 30.3 Å².